The van der Waals surface area contributed by atoms with Gasteiger partial charge in [-0.3, -0.25) is 4.79 Å². The van der Waals surface area contributed by atoms with Gasteiger partial charge in [-0.05, 0) is 42.0 Å². The number of carbonyl (C=O) groups excluding carboxylic acids is 2. The van der Waals surface area contributed by atoms with Crippen LogP contribution in [0, 0.1) is 0 Å². The van der Waals surface area contributed by atoms with Crippen molar-refractivity contribution in [2.24, 2.45) is 11.5 Å². The Kier molecular flexibility index (Phi) is 4.53. The molecular weight excluding hydrogens is 268 g/mol. The van der Waals surface area contributed by atoms with Gasteiger partial charge < -0.3 is 22.1 Å². The molecule has 0 saturated heterocycles. The van der Waals surface area contributed by atoms with Crippen LogP contribution in [0.1, 0.15) is 15.9 Å². The monoisotopic (exact) mass is 284 g/mol. The lowest BCUT2D eigenvalue weighted by Crippen LogP contribution is -2.19. The van der Waals surface area contributed by atoms with Gasteiger partial charge >= 0.3 is 6.03 Å². The highest BCUT2D eigenvalue weighted by Gasteiger charge is 2.06. The van der Waals surface area contributed by atoms with Gasteiger partial charge in [-0.1, -0.05) is 12.1 Å². The predicted octanol–water partition coefficient (Wildman–Crippen LogP) is 1.89. The summed E-state index contributed by atoms with van der Waals surface area (Å²) in [4.78, 5) is 22.7. The standard InChI is InChI=1S/C15H16N4O2/c16-9-10-1-3-11(4-2-10)14(20)18-12-5-7-13(8-6-12)19-15(17)21/h1-8H,9,16H2,(H,18,20)(H3,17,19,21). The van der Waals surface area contributed by atoms with Crippen LogP contribution in [0.3, 0.4) is 0 Å². The number of primary amides is 1. The van der Waals surface area contributed by atoms with Crippen molar-refractivity contribution in [2.45, 2.75) is 6.54 Å². The number of benzene rings is 2. The number of hydrogen-bond donors (Lipinski definition) is 4. The number of urea groups is 1. The van der Waals surface area contributed by atoms with Gasteiger partial charge in [0.15, 0.2) is 0 Å². The third kappa shape index (κ3) is 4.05. The molecule has 0 aliphatic carbocycles. The third-order valence-corrected chi connectivity index (χ3v) is 2.86. The Labute approximate surface area is 122 Å². The van der Waals surface area contributed by atoms with Gasteiger partial charge in [0.05, 0.1) is 0 Å². The summed E-state index contributed by atoms with van der Waals surface area (Å²) in [7, 11) is 0. The zero-order valence-corrected chi connectivity index (χ0v) is 11.3. The Hall–Kier alpha value is -2.86. The largest absolute Gasteiger partial charge is 0.351 e. The van der Waals surface area contributed by atoms with Crippen LogP contribution < -0.4 is 22.1 Å². The first kappa shape index (κ1) is 14.5. The number of nitrogens with one attached hydrogen (secondary N) is 2. The average Bonchev–Trinajstić information content (AvgIpc) is 2.49. The number of rotatable bonds is 4. The molecule has 0 spiro atoms. The minimum absolute atomic E-state index is 0.214. The quantitative estimate of drug-likeness (QED) is 0.688. The molecule has 2 aromatic carbocycles. The van der Waals surface area contributed by atoms with E-state index >= 15 is 0 Å². The number of hydrogen-bond acceptors (Lipinski definition) is 3. The van der Waals surface area contributed by atoms with E-state index in [1.807, 2.05) is 12.1 Å². The van der Waals surface area contributed by atoms with Crippen molar-refractivity contribution in [2.75, 3.05) is 10.6 Å². The van der Waals surface area contributed by atoms with Gasteiger partial charge in [-0.25, -0.2) is 4.79 Å². The van der Waals surface area contributed by atoms with Crippen molar-refractivity contribution < 1.29 is 9.59 Å². The van der Waals surface area contributed by atoms with Crippen molar-refractivity contribution in [1.29, 1.82) is 0 Å². The summed E-state index contributed by atoms with van der Waals surface area (Å²) >= 11 is 0. The van der Waals surface area contributed by atoms with E-state index in [1.54, 1.807) is 36.4 Å². The zero-order valence-electron chi connectivity index (χ0n) is 11.3. The number of amides is 3. The Balaban J connectivity index is 2.03. The third-order valence-electron chi connectivity index (χ3n) is 2.86. The van der Waals surface area contributed by atoms with Crippen LogP contribution in [0.4, 0.5) is 16.2 Å². The molecule has 0 unspecified atom stereocenters. The lowest BCUT2D eigenvalue weighted by Gasteiger charge is -2.07. The Morgan fingerprint density at radius 2 is 1.38 bits per heavy atom. The summed E-state index contributed by atoms with van der Waals surface area (Å²) in [5.41, 5.74) is 13.2. The van der Waals surface area contributed by atoms with E-state index in [2.05, 4.69) is 10.6 Å². The van der Waals surface area contributed by atoms with Gasteiger partial charge in [0.2, 0.25) is 0 Å². The Morgan fingerprint density at radius 3 is 1.86 bits per heavy atom. The maximum absolute atomic E-state index is 12.0. The fourth-order valence-electron chi connectivity index (χ4n) is 1.77. The molecule has 0 fully saturated rings. The fourth-order valence-corrected chi connectivity index (χ4v) is 1.77. The van der Waals surface area contributed by atoms with Crippen molar-refractivity contribution >= 4 is 23.3 Å². The van der Waals surface area contributed by atoms with Crippen molar-refractivity contribution in [3.8, 4) is 0 Å². The Morgan fingerprint density at radius 1 is 0.857 bits per heavy atom. The predicted molar refractivity (Wildman–Crippen MR) is 81.9 cm³/mol. The summed E-state index contributed by atoms with van der Waals surface area (Å²) < 4.78 is 0. The molecule has 6 N–H and O–H groups in total. The minimum atomic E-state index is -0.633. The SMILES string of the molecule is NCc1ccc(C(=O)Nc2ccc(NC(N)=O)cc2)cc1. The molecule has 0 heterocycles. The van der Waals surface area contributed by atoms with E-state index in [1.165, 1.54) is 0 Å². The molecule has 108 valence electrons. The highest BCUT2D eigenvalue weighted by Crippen LogP contribution is 2.14. The van der Waals surface area contributed by atoms with E-state index < -0.39 is 6.03 Å². The van der Waals surface area contributed by atoms with Crippen molar-refractivity contribution in [1.82, 2.24) is 0 Å². The Bertz CT molecular complexity index is 636. The van der Waals surface area contributed by atoms with Gasteiger partial charge in [0.25, 0.3) is 5.91 Å². The van der Waals surface area contributed by atoms with Crippen molar-refractivity contribution in [3.05, 3.63) is 59.7 Å². The van der Waals surface area contributed by atoms with Gasteiger partial charge in [0, 0.05) is 23.5 Å². The minimum Gasteiger partial charge on any atom is -0.351 e. The van der Waals surface area contributed by atoms with Gasteiger partial charge in [-0.15, -0.1) is 0 Å². The molecule has 0 aliphatic heterocycles. The van der Waals surface area contributed by atoms with E-state index in [4.69, 9.17) is 11.5 Å². The molecule has 0 aliphatic rings. The smallest absolute Gasteiger partial charge is 0.316 e. The number of nitrogens with two attached hydrogens (primary N) is 2. The summed E-state index contributed by atoms with van der Waals surface area (Å²) in [5, 5.41) is 5.21. The molecule has 0 atom stereocenters. The van der Waals surface area contributed by atoms with E-state index in [9.17, 15) is 9.59 Å². The lowest BCUT2D eigenvalue weighted by atomic mass is 10.1. The topological polar surface area (TPSA) is 110 Å². The first-order valence-electron chi connectivity index (χ1n) is 6.35. The van der Waals surface area contributed by atoms with Gasteiger partial charge in [0.1, 0.15) is 0 Å². The summed E-state index contributed by atoms with van der Waals surface area (Å²) in [6, 6.07) is 13.1. The maximum atomic E-state index is 12.0. The van der Waals surface area contributed by atoms with Crippen LogP contribution in [-0.4, -0.2) is 11.9 Å². The maximum Gasteiger partial charge on any atom is 0.316 e. The van der Waals surface area contributed by atoms with E-state index in [-0.39, 0.29) is 5.91 Å². The molecule has 6 nitrogen and oxygen atoms in total. The van der Waals surface area contributed by atoms with E-state index in [0.29, 0.717) is 23.5 Å². The van der Waals surface area contributed by atoms with Crippen LogP contribution >= 0.6 is 0 Å². The summed E-state index contributed by atoms with van der Waals surface area (Å²) in [6.07, 6.45) is 0. The highest BCUT2D eigenvalue weighted by atomic mass is 16.2. The summed E-state index contributed by atoms with van der Waals surface area (Å²) in [6.45, 7) is 0.441. The zero-order chi connectivity index (χ0) is 15.2. The normalized spacial score (nSPS) is 9.95. The fraction of sp³-hybridized carbons (Fsp3) is 0.0667. The molecule has 3 amide bonds. The second-order valence-electron chi connectivity index (χ2n) is 4.42. The summed E-state index contributed by atoms with van der Waals surface area (Å²) in [5.74, 6) is -0.214. The first-order chi connectivity index (χ1) is 10.1. The molecule has 0 saturated carbocycles. The van der Waals surface area contributed by atoms with Crippen LogP contribution in [0.15, 0.2) is 48.5 Å². The van der Waals surface area contributed by atoms with Crippen molar-refractivity contribution in [3.63, 3.8) is 0 Å². The molecule has 0 aromatic heterocycles. The molecule has 0 bridgehead atoms. The number of carbonyl (C=O) groups is 2. The molecule has 21 heavy (non-hydrogen) atoms. The van der Waals surface area contributed by atoms with E-state index in [0.717, 1.165) is 5.56 Å². The van der Waals surface area contributed by atoms with Crippen LogP contribution in [0.2, 0.25) is 0 Å². The van der Waals surface area contributed by atoms with Crippen LogP contribution in [0.5, 0.6) is 0 Å². The molecular formula is C15H16N4O2. The number of anilines is 2. The molecule has 0 radical (unpaired) electrons. The second kappa shape index (κ2) is 6.53. The average molecular weight is 284 g/mol. The first-order valence-corrected chi connectivity index (χ1v) is 6.35. The highest BCUT2D eigenvalue weighted by molar-refractivity contribution is 6.04. The molecule has 2 aromatic rings. The van der Waals surface area contributed by atoms with Crippen LogP contribution in [0.25, 0.3) is 0 Å². The molecule has 2 rings (SSSR count). The second-order valence-corrected chi connectivity index (χ2v) is 4.42. The molecule has 6 heteroatoms. The van der Waals surface area contributed by atoms with Gasteiger partial charge in [-0.2, -0.15) is 0 Å². The van der Waals surface area contributed by atoms with Crippen LogP contribution in [-0.2, 0) is 6.54 Å². The lowest BCUT2D eigenvalue weighted by molar-refractivity contribution is 0.102.